The number of benzene rings is 1. The summed E-state index contributed by atoms with van der Waals surface area (Å²) in [7, 11) is 0. The van der Waals surface area contributed by atoms with E-state index < -0.39 is 0 Å². The maximum absolute atomic E-state index is 4.78. The zero-order valence-corrected chi connectivity index (χ0v) is 16.9. The Morgan fingerprint density at radius 1 is 0.862 bits per heavy atom. The van der Waals surface area contributed by atoms with Gasteiger partial charge in [-0.15, -0.1) is 0 Å². The number of hydrogen-bond donors (Lipinski definition) is 0. The van der Waals surface area contributed by atoms with Crippen molar-refractivity contribution in [3.05, 3.63) is 60.2 Å². The minimum atomic E-state index is 0.390. The van der Waals surface area contributed by atoms with Crippen LogP contribution in [0.25, 0.3) is 0 Å². The quantitative estimate of drug-likeness (QED) is 0.685. The molecule has 1 unspecified atom stereocenters. The van der Waals surface area contributed by atoms with Crippen LogP contribution in [0.2, 0.25) is 0 Å². The third-order valence-electron chi connectivity index (χ3n) is 5.70. The highest BCUT2D eigenvalue weighted by Crippen LogP contribution is 2.38. The number of anilines is 4. The van der Waals surface area contributed by atoms with E-state index in [1.807, 2.05) is 13.0 Å². The lowest BCUT2D eigenvalue weighted by Gasteiger charge is -2.35. The summed E-state index contributed by atoms with van der Waals surface area (Å²) in [5.41, 5.74) is 2.64. The number of aromatic nitrogens is 4. The van der Waals surface area contributed by atoms with Gasteiger partial charge in [0, 0.05) is 56.4 Å². The molecule has 3 aromatic rings. The van der Waals surface area contributed by atoms with Crippen molar-refractivity contribution in [2.75, 3.05) is 40.9 Å². The third kappa shape index (κ3) is 3.37. The fraction of sp³-hybridized carbons (Fsp3) is 0.364. The van der Waals surface area contributed by atoms with Gasteiger partial charge in [-0.1, -0.05) is 18.2 Å². The zero-order chi connectivity index (χ0) is 19.8. The normalized spacial score (nSPS) is 18.8. The van der Waals surface area contributed by atoms with Crippen LogP contribution in [-0.2, 0) is 6.42 Å². The molecule has 1 atom stereocenters. The highest BCUT2D eigenvalue weighted by Gasteiger charge is 2.29. The maximum atomic E-state index is 4.78. The molecule has 0 spiro atoms. The van der Waals surface area contributed by atoms with Crippen molar-refractivity contribution >= 4 is 23.3 Å². The third-order valence-corrected chi connectivity index (χ3v) is 5.70. The van der Waals surface area contributed by atoms with Crippen molar-refractivity contribution in [3.8, 4) is 0 Å². The lowest BCUT2D eigenvalue weighted by atomic mass is 10.1. The molecule has 1 aromatic carbocycles. The first-order valence-corrected chi connectivity index (χ1v) is 10.2. The van der Waals surface area contributed by atoms with Crippen molar-refractivity contribution in [1.29, 1.82) is 0 Å². The van der Waals surface area contributed by atoms with E-state index in [0.717, 1.165) is 56.0 Å². The molecule has 7 heteroatoms. The first kappa shape index (κ1) is 17.8. The Balaban J connectivity index is 1.38. The van der Waals surface area contributed by atoms with Crippen LogP contribution in [0.4, 0.5) is 23.3 Å². The Morgan fingerprint density at radius 3 is 2.34 bits per heavy atom. The van der Waals surface area contributed by atoms with Crippen molar-refractivity contribution in [1.82, 2.24) is 19.9 Å². The van der Waals surface area contributed by atoms with E-state index in [1.165, 1.54) is 11.3 Å². The Labute approximate surface area is 171 Å². The van der Waals surface area contributed by atoms with Gasteiger partial charge in [-0.05, 0) is 38.0 Å². The van der Waals surface area contributed by atoms with Crippen LogP contribution in [-0.4, -0.2) is 52.2 Å². The number of hydrogen-bond acceptors (Lipinski definition) is 7. The maximum Gasteiger partial charge on any atom is 0.225 e. The molecular formula is C22H25N7. The van der Waals surface area contributed by atoms with Gasteiger partial charge in [0.05, 0.1) is 0 Å². The molecule has 0 aliphatic carbocycles. The minimum absolute atomic E-state index is 0.390. The van der Waals surface area contributed by atoms with E-state index in [-0.39, 0.29) is 0 Å². The summed E-state index contributed by atoms with van der Waals surface area (Å²) in [6.45, 7) is 7.78. The van der Waals surface area contributed by atoms with Crippen molar-refractivity contribution < 1.29 is 0 Å². The molecule has 0 amide bonds. The first-order chi connectivity index (χ1) is 14.2. The lowest BCUT2D eigenvalue weighted by Crippen LogP contribution is -2.47. The summed E-state index contributed by atoms with van der Waals surface area (Å²) >= 11 is 0. The van der Waals surface area contributed by atoms with Crippen LogP contribution in [0.3, 0.4) is 0 Å². The standard InChI is InChI=1S/C22H25N7/c1-16-14-18-6-3-4-7-19(18)29(16)21-15-20(25-17(2)26-21)27-10-12-28(13-11-27)22-23-8-5-9-24-22/h3-9,15-16H,10-14H2,1-2H3. The summed E-state index contributed by atoms with van der Waals surface area (Å²) in [5.74, 6) is 3.59. The molecule has 148 valence electrons. The fourth-order valence-electron chi connectivity index (χ4n) is 4.33. The van der Waals surface area contributed by atoms with Crippen LogP contribution >= 0.6 is 0 Å². The summed E-state index contributed by atoms with van der Waals surface area (Å²) in [5, 5.41) is 0. The van der Waals surface area contributed by atoms with Gasteiger partial charge >= 0.3 is 0 Å². The molecule has 0 N–H and O–H groups in total. The molecule has 2 aliphatic rings. The van der Waals surface area contributed by atoms with E-state index in [4.69, 9.17) is 9.97 Å². The van der Waals surface area contributed by atoms with Crippen LogP contribution in [0, 0.1) is 6.92 Å². The first-order valence-electron chi connectivity index (χ1n) is 10.2. The summed E-state index contributed by atoms with van der Waals surface area (Å²) in [6, 6.07) is 13.0. The predicted octanol–water partition coefficient (Wildman–Crippen LogP) is 2.98. The van der Waals surface area contributed by atoms with Gasteiger partial charge in [-0.3, -0.25) is 0 Å². The van der Waals surface area contributed by atoms with Gasteiger partial charge in [0.25, 0.3) is 0 Å². The molecule has 1 saturated heterocycles. The topological polar surface area (TPSA) is 61.3 Å². The van der Waals surface area contributed by atoms with Gasteiger partial charge in [-0.2, -0.15) is 0 Å². The molecular weight excluding hydrogens is 362 g/mol. The Bertz CT molecular complexity index is 999. The molecule has 0 saturated carbocycles. The second-order valence-electron chi connectivity index (χ2n) is 7.71. The second-order valence-corrected chi connectivity index (χ2v) is 7.71. The number of nitrogens with zero attached hydrogens (tertiary/aromatic N) is 7. The number of aryl methyl sites for hydroxylation is 1. The number of rotatable bonds is 3. The average molecular weight is 387 g/mol. The monoisotopic (exact) mass is 387 g/mol. The van der Waals surface area contributed by atoms with E-state index in [1.54, 1.807) is 12.4 Å². The van der Waals surface area contributed by atoms with Gasteiger partial charge in [-0.25, -0.2) is 19.9 Å². The van der Waals surface area contributed by atoms with Gasteiger partial charge in [0.1, 0.15) is 17.5 Å². The zero-order valence-electron chi connectivity index (χ0n) is 16.9. The van der Waals surface area contributed by atoms with Gasteiger partial charge in [0.2, 0.25) is 5.95 Å². The smallest absolute Gasteiger partial charge is 0.225 e. The molecule has 29 heavy (non-hydrogen) atoms. The van der Waals surface area contributed by atoms with E-state index in [0.29, 0.717) is 6.04 Å². The molecule has 1 fully saturated rings. The Kier molecular flexibility index (Phi) is 4.50. The molecule has 7 nitrogen and oxygen atoms in total. The lowest BCUT2D eigenvalue weighted by molar-refractivity contribution is 0.632. The SMILES string of the molecule is Cc1nc(N2CCN(c3ncccn3)CC2)cc(N2c3ccccc3CC2C)n1. The van der Waals surface area contributed by atoms with E-state index >= 15 is 0 Å². The van der Waals surface area contributed by atoms with Crippen molar-refractivity contribution in [2.24, 2.45) is 0 Å². The molecule has 5 rings (SSSR count). The molecule has 4 heterocycles. The van der Waals surface area contributed by atoms with Crippen LogP contribution in [0.5, 0.6) is 0 Å². The summed E-state index contributed by atoms with van der Waals surface area (Å²) in [4.78, 5) is 25.2. The van der Waals surface area contributed by atoms with E-state index in [2.05, 4.69) is 61.9 Å². The molecule has 0 bridgehead atoms. The largest absolute Gasteiger partial charge is 0.353 e. The Hall–Kier alpha value is -3.22. The van der Waals surface area contributed by atoms with E-state index in [9.17, 15) is 0 Å². The minimum Gasteiger partial charge on any atom is -0.353 e. The van der Waals surface area contributed by atoms with Crippen LogP contribution in [0.1, 0.15) is 18.3 Å². The Morgan fingerprint density at radius 2 is 1.55 bits per heavy atom. The second kappa shape index (κ2) is 7.31. The highest BCUT2D eigenvalue weighted by atomic mass is 15.3. The number of para-hydroxylation sites is 1. The highest BCUT2D eigenvalue weighted by molar-refractivity contribution is 5.70. The number of piperazine rings is 1. The molecule has 2 aliphatic heterocycles. The van der Waals surface area contributed by atoms with Gasteiger partial charge in [0.15, 0.2) is 0 Å². The van der Waals surface area contributed by atoms with Crippen molar-refractivity contribution in [3.63, 3.8) is 0 Å². The van der Waals surface area contributed by atoms with Crippen molar-refractivity contribution in [2.45, 2.75) is 26.3 Å². The van der Waals surface area contributed by atoms with Crippen LogP contribution in [0.15, 0.2) is 48.8 Å². The number of fused-ring (bicyclic) bond motifs is 1. The summed E-state index contributed by atoms with van der Waals surface area (Å²) in [6.07, 6.45) is 4.64. The summed E-state index contributed by atoms with van der Waals surface area (Å²) < 4.78 is 0. The molecule has 0 radical (unpaired) electrons. The van der Waals surface area contributed by atoms with Gasteiger partial charge < -0.3 is 14.7 Å². The predicted molar refractivity (Wildman–Crippen MR) is 115 cm³/mol. The average Bonchev–Trinajstić information content (AvgIpc) is 3.10. The molecule has 2 aromatic heterocycles. The fourth-order valence-corrected chi connectivity index (χ4v) is 4.33. The van der Waals surface area contributed by atoms with Crippen LogP contribution < -0.4 is 14.7 Å².